The molecule has 0 radical (unpaired) electrons. The van der Waals surface area contributed by atoms with Gasteiger partial charge in [0.15, 0.2) is 0 Å². The Bertz CT molecular complexity index is 2890. The summed E-state index contributed by atoms with van der Waals surface area (Å²) in [6, 6.07) is 65.3. The number of fused-ring (bicyclic) bond motifs is 4. The molecule has 0 N–H and O–H groups in total. The van der Waals surface area contributed by atoms with Crippen LogP contribution in [0.1, 0.15) is 38.8 Å². The SMILES string of the molecule is CC(C)N1ON(c2cccc(C(C)(C)c3ccc4c5ccccc5n(-c5cc(-c6c(-c7ccccc7)cccc6-c6ccccc6)ccn5)c4c3)c2)c2ccccc21. The lowest BCUT2D eigenvalue weighted by Gasteiger charge is -2.28. The van der Waals surface area contributed by atoms with Gasteiger partial charge in [-0.25, -0.2) is 10.0 Å². The second-order valence-electron chi connectivity index (χ2n) is 15.9. The number of hydroxylamine groups is 1. The Balaban J connectivity index is 1.11. The van der Waals surface area contributed by atoms with Gasteiger partial charge in [0.25, 0.3) is 0 Å². The smallest absolute Gasteiger partial charge is 0.138 e. The maximum Gasteiger partial charge on any atom is 0.138 e. The summed E-state index contributed by atoms with van der Waals surface area (Å²) in [7, 11) is 0. The molecule has 0 amide bonds. The van der Waals surface area contributed by atoms with Crippen molar-refractivity contribution in [1.29, 1.82) is 0 Å². The zero-order valence-electron chi connectivity index (χ0n) is 33.2. The number of hydrogen-bond donors (Lipinski definition) is 0. The molecule has 5 nitrogen and oxygen atoms in total. The van der Waals surface area contributed by atoms with Gasteiger partial charge in [0.05, 0.1) is 34.1 Å². The highest BCUT2D eigenvalue weighted by molar-refractivity contribution is 6.09. The maximum absolute atomic E-state index is 6.47. The molecule has 9 aromatic rings. The van der Waals surface area contributed by atoms with Gasteiger partial charge in [0, 0.05) is 22.4 Å². The van der Waals surface area contributed by atoms with E-state index in [1.54, 1.807) is 0 Å². The van der Waals surface area contributed by atoms with E-state index in [-0.39, 0.29) is 11.5 Å². The van der Waals surface area contributed by atoms with Gasteiger partial charge in [-0.1, -0.05) is 147 Å². The molecule has 0 spiro atoms. The average molecular weight is 753 g/mol. The Morgan fingerprint density at radius 1 is 0.517 bits per heavy atom. The number of para-hydroxylation sites is 3. The van der Waals surface area contributed by atoms with Crippen molar-refractivity contribution in [3.63, 3.8) is 0 Å². The van der Waals surface area contributed by atoms with Gasteiger partial charge in [-0.05, 0) is 107 Å². The molecule has 282 valence electrons. The molecule has 0 bridgehead atoms. The summed E-state index contributed by atoms with van der Waals surface area (Å²) in [4.78, 5) is 11.6. The lowest BCUT2D eigenvalue weighted by Crippen LogP contribution is -2.31. The quantitative estimate of drug-likeness (QED) is 0.155. The molecular formula is C53H44N4O. The molecule has 0 atom stereocenters. The monoisotopic (exact) mass is 752 g/mol. The van der Waals surface area contributed by atoms with E-state index in [0.717, 1.165) is 39.5 Å². The largest absolute Gasteiger partial charge is 0.294 e. The van der Waals surface area contributed by atoms with E-state index in [1.807, 2.05) is 16.3 Å². The molecule has 0 aliphatic carbocycles. The Labute approximate surface area is 340 Å². The van der Waals surface area contributed by atoms with Crippen LogP contribution >= 0.6 is 0 Å². The van der Waals surface area contributed by atoms with Crippen molar-refractivity contribution in [3.05, 3.63) is 199 Å². The highest BCUT2D eigenvalue weighted by Crippen LogP contribution is 2.45. The molecule has 1 aliphatic heterocycles. The van der Waals surface area contributed by atoms with Gasteiger partial charge in [0.2, 0.25) is 0 Å². The summed E-state index contributed by atoms with van der Waals surface area (Å²) in [6.45, 7) is 8.91. The first-order valence-electron chi connectivity index (χ1n) is 20.1. The highest BCUT2D eigenvalue weighted by Gasteiger charge is 2.32. The fourth-order valence-corrected chi connectivity index (χ4v) is 8.63. The fraction of sp³-hybridized carbons (Fsp3) is 0.113. The third-order valence-corrected chi connectivity index (χ3v) is 11.7. The van der Waals surface area contributed by atoms with E-state index in [1.165, 1.54) is 49.7 Å². The predicted molar refractivity (Wildman–Crippen MR) is 241 cm³/mol. The minimum Gasteiger partial charge on any atom is -0.294 e. The van der Waals surface area contributed by atoms with Crippen LogP contribution in [-0.4, -0.2) is 15.6 Å². The zero-order valence-corrected chi connectivity index (χ0v) is 33.2. The van der Waals surface area contributed by atoms with E-state index in [9.17, 15) is 0 Å². The third-order valence-electron chi connectivity index (χ3n) is 11.7. The van der Waals surface area contributed by atoms with E-state index >= 15 is 0 Å². The van der Waals surface area contributed by atoms with E-state index in [2.05, 4.69) is 214 Å². The van der Waals surface area contributed by atoms with Crippen LogP contribution < -0.4 is 10.1 Å². The summed E-state index contributed by atoms with van der Waals surface area (Å²) in [6.07, 6.45) is 1.96. The first-order valence-corrected chi connectivity index (χ1v) is 20.1. The van der Waals surface area contributed by atoms with Gasteiger partial charge in [-0.3, -0.25) is 4.57 Å². The molecule has 0 unspecified atom stereocenters. The normalized spacial score (nSPS) is 12.8. The standard InChI is InChI=1S/C53H44N4O/c1-36(2)56-48-27-13-14-28-49(48)57(58-56)42-22-15-21-40(34-42)53(3,4)41-29-30-46-45-23-11-12-26-47(45)55(50(46)35-41)51-33-39(31-32-54-51)52-43(37-17-7-5-8-18-37)24-16-25-44(52)38-19-9-6-10-20-38/h5-36H,1-4H3. The van der Waals surface area contributed by atoms with E-state index in [4.69, 9.17) is 9.92 Å². The van der Waals surface area contributed by atoms with Crippen LogP contribution in [0.25, 0.3) is 61.0 Å². The van der Waals surface area contributed by atoms with Crippen LogP contribution in [-0.2, 0) is 10.4 Å². The molecule has 5 heteroatoms. The number of rotatable bonds is 8. The predicted octanol–water partition coefficient (Wildman–Crippen LogP) is 13.7. The van der Waals surface area contributed by atoms with Crippen molar-refractivity contribution in [3.8, 4) is 39.2 Å². The highest BCUT2D eigenvalue weighted by atomic mass is 16.8. The molecule has 0 fully saturated rings. The van der Waals surface area contributed by atoms with Crippen molar-refractivity contribution >= 4 is 38.9 Å². The second kappa shape index (κ2) is 14.2. The van der Waals surface area contributed by atoms with E-state index < -0.39 is 0 Å². The molecule has 7 aromatic carbocycles. The number of aromatic nitrogens is 2. The second-order valence-corrected chi connectivity index (χ2v) is 15.9. The molecule has 0 saturated heterocycles. The van der Waals surface area contributed by atoms with E-state index in [0.29, 0.717) is 0 Å². The number of benzene rings is 7. The third kappa shape index (κ3) is 5.94. The number of pyridine rings is 1. The molecule has 58 heavy (non-hydrogen) atoms. The lowest BCUT2D eigenvalue weighted by molar-refractivity contribution is 0.112. The fourth-order valence-electron chi connectivity index (χ4n) is 8.63. The minimum absolute atomic E-state index is 0.184. The Morgan fingerprint density at radius 2 is 1.14 bits per heavy atom. The summed E-state index contributed by atoms with van der Waals surface area (Å²) < 4.78 is 2.34. The number of anilines is 3. The Morgan fingerprint density at radius 3 is 1.86 bits per heavy atom. The number of hydrogen-bond acceptors (Lipinski definition) is 4. The Kier molecular flexibility index (Phi) is 8.69. The van der Waals surface area contributed by atoms with Crippen LogP contribution in [0.2, 0.25) is 0 Å². The average Bonchev–Trinajstić information content (AvgIpc) is 3.83. The van der Waals surface area contributed by atoms with Gasteiger partial charge in [-0.2, -0.15) is 5.06 Å². The van der Waals surface area contributed by atoms with Crippen molar-refractivity contribution in [2.75, 3.05) is 10.1 Å². The Hall–Kier alpha value is -6.95. The van der Waals surface area contributed by atoms with Gasteiger partial charge in [-0.15, -0.1) is 4.94 Å². The number of nitrogens with zero attached hydrogens (tertiary/aromatic N) is 4. The molecule has 10 rings (SSSR count). The van der Waals surface area contributed by atoms with Crippen LogP contribution in [0.4, 0.5) is 17.1 Å². The zero-order chi connectivity index (χ0) is 39.4. The van der Waals surface area contributed by atoms with Crippen LogP contribution in [0.15, 0.2) is 188 Å². The first kappa shape index (κ1) is 35.5. The van der Waals surface area contributed by atoms with Crippen molar-refractivity contribution in [1.82, 2.24) is 9.55 Å². The lowest BCUT2D eigenvalue weighted by atomic mass is 9.77. The summed E-state index contributed by atoms with van der Waals surface area (Å²) in [5.74, 6) is 0.877. The van der Waals surface area contributed by atoms with Crippen molar-refractivity contribution in [2.24, 2.45) is 0 Å². The topological polar surface area (TPSA) is 33.5 Å². The minimum atomic E-state index is -0.336. The summed E-state index contributed by atoms with van der Waals surface area (Å²) >= 11 is 0. The molecule has 0 saturated carbocycles. The van der Waals surface area contributed by atoms with Crippen LogP contribution in [0.5, 0.6) is 0 Å². The maximum atomic E-state index is 6.47. The summed E-state index contributed by atoms with van der Waals surface area (Å²) in [5.41, 5.74) is 14.4. The molecular weight excluding hydrogens is 709 g/mol. The van der Waals surface area contributed by atoms with Crippen molar-refractivity contribution < 1.29 is 4.94 Å². The van der Waals surface area contributed by atoms with Crippen LogP contribution in [0, 0.1) is 0 Å². The first-order chi connectivity index (χ1) is 28.4. The summed E-state index contributed by atoms with van der Waals surface area (Å²) in [5, 5.41) is 6.33. The molecule has 3 heterocycles. The molecule has 2 aromatic heterocycles. The van der Waals surface area contributed by atoms with Gasteiger partial charge in [0.1, 0.15) is 5.82 Å². The van der Waals surface area contributed by atoms with Crippen molar-refractivity contribution in [2.45, 2.75) is 39.2 Å². The van der Waals surface area contributed by atoms with Gasteiger partial charge >= 0.3 is 0 Å². The molecule has 1 aliphatic rings. The van der Waals surface area contributed by atoms with Crippen LogP contribution in [0.3, 0.4) is 0 Å². The van der Waals surface area contributed by atoms with Gasteiger partial charge < -0.3 is 0 Å².